The molecule has 0 atom stereocenters. The molecule has 0 aromatic heterocycles. The van der Waals surface area contributed by atoms with Crippen LogP contribution in [0.15, 0.2) is 36.4 Å². The van der Waals surface area contributed by atoms with Crippen molar-refractivity contribution >= 4 is 17.3 Å². The molecule has 0 unspecified atom stereocenters. The van der Waals surface area contributed by atoms with E-state index in [9.17, 15) is 18.0 Å². The van der Waals surface area contributed by atoms with Gasteiger partial charge in [-0.2, -0.15) is 13.2 Å². The first-order chi connectivity index (χ1) is 12.3. The Hall–Kier alpha value is -2.50. The van der Waals surface area contributed by atoms with Crippen molar-refractivity contribution in [2.24, 2.45) is 0 Å². The standard InChI is InChI=1S/C20H21F3N2O/c1-13-5-7-16(14(2)11-13)19(26)24-17-12-15(20(21,22)23)6-8-18(17)25-9-3-4-10-25/h5-8,11-12H,3-4,9-10H2,1-2H3,(H,24,26). The van der Waals surface area contributed by atoms with Crippen molar-refractivity contribution in [3.63, 3.8) is 0 Å². The predicted octanol–water partition coefficient (Wildman–Crippen LogP) is 5.17. The summed E-state index contributed by atoms with van der Waals surface area (Å²) in [5, 5.41) is 2.70. The van der Waals surface area contributed by atoms with E-state index in [-0.39, 0.29) is 5.69 Å². The third kappa shape index (κ3) is 3.84. The summed E-state index contributed by atoms with van der Waals surface area (Å²) in [6.07, 6.45) is -2.47. The van der Waals surface area contributed by atoms with E-state index < -0.39 is 17.6 Å². The van der Waals surface area contributed by atoms with Crippen molar-refractivity contribution in [3.05, 3.63) is 58.7 Å². The quantitative estimate of drug-likeness (QED) is 0.816. The Bertz CT molecular complexity index is 824. The second kappa shape index (κ2) is 7.02. The number of alkyl halides is 3. The minimum atomic E-state index is -4.46. The first-order valence-electron chi connectivity index (χ1n) is 8.60. The summed E-state index contributed by atoms with van der Waals surface area (Å²) in [6, 6.07) is 8.93. The van der Waals surface area contributed by atoms with E-state index in [0.29, 0.717) is 11.3 Å². The molecule has 0 radical (unpaired) electrons. The van der Waals surface area contributed by atoms with Crippen LogP contribution >= 0.6 is 0 Å². The van der Waals surface area contributed by atoms with Crippen LogP contribution < -0.4 is 10.2 Å². The molecule has 1 aliphatic heterocycles. The maximum Gasteiger partial charge on any atom is 0.416 e. The second-order valence-electron chi connectivity index (χ2n) is 6.70. The number of halogens is 3. The van der Waals surface area contributed by atoms with Gasteiger partial charge in [0.2, 0.25) is 0 Å². The molecule has 3 nitrogen and oxygen atoms in total. The monoisotopic (exact) mass is 362 g/mol. The lowest BCUT2D eigenvalue weighted by Crippen LogP contribution is -2.22. The highest BCUT2D eigenvalue weighted by molar-refractivity contribution is 6.07. The van der Waals surface area contributed by atoms with E-state index in [1.54, 1.807) is 6.07 Å². The lowest BCUT2D eigenvalue weighted by atomic mass is 10.0. The van der Waals surface area contributed by atoms with Crippen LogP contribution in [0.5, 0.6) is 0 Å². The molecule has 1 saturated heterocycles. The van der Waals surface area contributed by atoms with Gasteiger partial charge in [0.1, 0.15) is 0 Å². The molecule has 0 spiro atoms. The minimum Gasteiger partial charge on any atom is -0.370 e. The van der Waals surface area contributed by atoms with Crippen LogP contribution in [0.25, 0.3) is 0 Å². The largest absolute Gasteiger partial charge is 0.416 e. The van der Waals surface area contributed by atoms with Crippen molar-refractivity contribution in [1.29, 1.82) is 0 Å². The van der Waals surface area contributed by atoms with E-state index in [4.69, 9.17) is 0 Å². The Morgan fingerprint density at radius 2 is 1.73 bits per heavy atom. The molecule has 6 heteroatoms. The molecule has 1 N–H and O–H groups in total. The molecule has 2 aromatic rings. The van der Waals surface area contributed by atoms with E-state index >= 15 is 0 Å². The summed E-state index contributed by atoms with van der Waals surface area (Å²) >= 11 is 0. The van der Waals surface area contributed by atoms with Gasteiger partial charge in [0.15, 0.2) is 0 Å². The van der Waals surface area contributed by atoms with Crippen molar-refractivity contribution < 1.29 is 18.0 Å². The van der Waals surface area contributed by atoms with Gasteiger partial charge in [0.05, 0.1) is 16.9 Å². The highest BCUT2D eigenvalue weighted by Crippen LogP contribution is 2.36. The molecule has 2 aromatic carbocycles. The molecule has 3 rings (SSSR count). The number of carbonyl (C=O) groups is 1. The molecule has 1 fully saturated rings. The zero-order valence-corrected chi connectivity index (χ0v) is 14.8. The number of nitrogens with one attached hydrogen (secondary N) is 1. The fraction of sp³-hybridized carbons (Fsp3) is 0.350. The molecule has 1 aliphatic rings. The minimum absolute atomic E-state index is 0.201. The summed E-state index contributed by atoms with van der Waals surface area (Å²) < 4.78 is 39.4. The summed E-state index contributed by atoms with van der Waals surface area (Å²) in [5.74, 6) is -0.401. The first kappa shape index (κ1) is 18.3. The van der Waals surface area contributed by atoms with Crippen LogP contribution in [-0.4, -0.2) is 19.0 Å². The average Bonchev–Trinajstić information content (AvgIpc) is 3.08. The van der Waals surface area contributed by atoms with Crippen LogP contribution in [0.3, 0.4) is 0 Å². The number of aryl methyl sites for hydroxylation is 2. The van der Waals surface area contributed by atoms with Crippen LogP contribution in [0, 0.1) is 13.8 Å². The maximum absolute atomic E-state index is 13.1. The number of hydrogen-bond donors (Lipinski definition) is 1. The molecular formula is C20H21F3N2O. The topological polar surface area (TPSA) is 32.3 Å². The highest BCUT2D eigenvalue weighted by atomic mass is 19.4. The van der Waals surface area contributed by atoms with Gasteiger partial charge in [0.25, 0.3) is 5.91 Å². The van der Waals surface area contributed by atoms with E-state index in [1.165, 1.54) is 6.07 Å². The Morgan fingerprint density at radius 3 is 2.35 bits per heavy atom. The van der Waals surface area contributed by atoms with Gasteiger partial charge in [-0.3, -0.25) is 4.79 Å². The zero-order valence-electron chi connectivity index (χ0n) is 14.8. The van der Waals surface area contributed by atoms with Crippen LogP contribution in [-0.2, 0) is 6.18 Å². The average molecular weight is 362 g/mol. The van der Waals surface area contributed by atoms with Gasteiger partial charge in [-0.15, -0.1) is 0 Å². The zero-order chi connectivity index (χ0) is 18.9. The SMILES string of the molecule is Cc1ccc(C(=O)Nc2cc(C(F)(F)F)ccc2N2CCCC2)c(C)c1. The number of rotatable bonds is 3. The Balaban J connectivity index is 1.96. The molecule has 0 bridgehead atoms. The third-order valence-electron chi connectivity index (χ3n) is 4.65. The first-order valence-corrected chi connectivity index (χ1v) is 8.60. The number of hydrogen-bond acceptors (Lipinski definition) is 2. The van der Waals surface area contributed by atoms with Crippen molar-refractivity contribution in [2.75, 3.05) is 23.3 Å². The smallest absolute Gasteiger partial charge is 0.370 e. The van der Waals surface area contributed by atoms with Crippen LogP contribution in [0.4, 0.5) is 24.5 Å². The fourth-order valence-electron chi connectivity index (χ4n) is 3.30. The lowest BCUT2D eigenvalue weighted by molar-refractivity contribution is -0.137. The van der Waals surface area contributed by atoms with Crippen molar-refractivity contribution in [2.45, 2.75) is 32.9 Å². The second-order valence-corrected chi connectivity index (χ2v) is 6.70. The predicted molar refractivity (Wildman–Crippen MR) is 96.8 cm³/mol. The number of anilines is 2. The van der Waals surface area contributed by atoms with Crippen LogP contribution in [0.1, 0.15) is 39.9 Å². The summed E-state index contributed by atoms with van der Waals surface area (Å²) in [7, 11) is 0. The number of carbonyl (C=O) groups excluding carboxylic acids is 1. The highest BCUT2D eigenvalue weighted by Gasteiger charge is 2.32. The van der Waals surface area contributed by atoms with Gasteiger partial charge >= 0.3 is 6.18 Å². The molecule has 1 amide bonds. The normalized spacial score (nSPS) is 14.6. The van der Waals surface area contributed by atoms with Crippen molar-refractivity contribution in [1.82, 2.24) is 0 Å². The number of nitrogens with zero attached hydrogens (tertiary/aromatic N) is 1. The molecule has 138 valence electrons. The molecule has 1 heterocycles. The van der Waals surface area contributed by atoms with E-state index in [0.717, 1.165) is 49.2 Å². The van der Waals surface area contributed by atoms with Crippen LogP contribution in [0.2, 0.25) is 0 Å². The number of benzene rings is 2. The lowest BCUT2D eigenvalue weighted by Gasteiger charge is -2.23. The molecular weight excluding hydrogens is 341 g/mol. The van der Waals surface area contributed by atoms with Gasteiger partial charge in [0, 0.05) is 18.7 Å². The Morgan fingerprint density at radius 1 is 1.04 bits per heavy atom. The third-order valence-corrected chi connectivity index (χ3v) is 4.65. The Labute approximate surface area is 150 Å². The molecule has 0 aliphatic carbocycles. The van der Waals surface area contributed by atoms with Gasteiger partial charge in [-0.1, -0.05) is 17.7 Å². The Kier molecular flexibility index (Phi) is 4.94. The summed E-state index contributed by atoms with van der Waals surface area (Å²) in [4.78, 5) is 14.7. The molecule has 0 saturated carbocycles. The van der Waals surface area contributed by atoms with Gasteiger partial charge in [-0.05, 0) is 56.5 Å². The van der Waals surface area contributed by atoms with Crippen molar-refractivity contribution in [3.8, 4) is 0 Å². The fourth-order valence-corrected chi connectivity index (χ4v) is 3.30. The molecule has 26 heavy (non-hydrogen) atoms. The number of amides is 1. The van der Waals surface area contributed by atoms with Gasteiger partial charge in [-0.25, -0.2) is 0 Å². The van der Waals surface area contributed by atoms with E-state index in [2.05, 4.69) is 5.32 Å². The summed E-state index contributed by atoms with van der Waals surface area (Å²) in [6.45, 7) is 5.29. The summed E-state index contributed by atoms with van der Waals surface area (Å²) in [5.41, 5.74) is 2.34. The van der Waals surface area contributed by atoms with Gasteiger partial charge < -0.3 is 10.2 Å². The van der Waals surface area contributed by atoms with E-state index in [1.807, 2.05) is 30.9 Å². The maximum atomic E-state index is 13.1.